The highest BCUT2D eigenvalue weighted by atomic mass is 35.5. The molecular weight excluding hydrogens is 308 g/mol. The number of sulfone groups is 1. The molecule has 2 atom stereocenters. The van der Waals surface area contributed by atoms with Crippen molar-refractivity contribution in [3.63, 3.8) is 0 Å². The van der Waals surface area contributed by atoms with E-state index >= 15 is 0 Å². The molecule has 0 aliphatic carbocycles. The minimum Gasteiger partial charge on any atom is -0.493 e. The van der Waals surface area contributed by atoms with Crippen LogP contribution < -0.4 is 9.47 Å². The number of carbonyl (C=O) groups is 1. The molecule has 6 nitrogen and oxygen atoms in total. The van der Waals surface area contributed by atoms with Crippen molar-refractivity contribution in [2.45, 2.75) is 12.2 Å². The zero-order valence-electron chi connectivity index (χ0n) is 10.6. The van der Waals surface area contributed by atoms with E-state index in [0.717, 1.165) is 0 Å². The summed E-state index contributed by atoms with van der Waals surface area (Å²) in [5, 5.41) is 9.81. The monoisotopic (exact) mass is 320 g/mol. The van der Waals surface area contributed by atoms with Crippen molar-refractivity contribution in [3.05, 3.63) is 22.7 Å². The predicted octanol–water partition coefficient (Wildman–Crippen LogP) is 0.698. The van der Waals surface area contributed by atoms with Gasteiger partial charge in [-0.05, 0) is 12.1 Å². The SMILES string of the molecule is COc1cc(C=O)cc(Cl)c1OC1CS(=O)(=O)CC1O. The normalized spacial score (nSPS) is 24.4. The van der Waals surface area contributed by atoms with Crippen molar-refractivity contribution in [2.75, 3.05) is 18.6 Å². The van der Waals surface area contributed by atoms with E-state index in [1.54, 1.807) is 0 Å². The molecule has 0 amide bonds. The first-order valence-corrected chi connectivity index (χ1v) is 7.94. The highest BCUT2D eigenvalue weighted by molar-refractivity contribution is 7.91. The largest absolute Gasteiger partial charge is 0.493 e. The Hall–Kier alpha value is -1.31. The minimum absolute atomic E-state index is 0.112. The Kier molecular flexibility index (Phi) is 4.22. The van der Waals surface area contributed by atoms with Crippen molar-refractivity contribution < 1.29 is 27.8 Å². The molecule has 1 aliphatic rings. The highest BCUT2D eigenvalue weighted by Gasteiger charge is 2.39. The molecule has 1 saturated heterocycles. The third kappa shape index (κ3) is 3.05. The molecule has 8 heteroatoms. The second-order valence-corrected chi connectivity index (χ2v) is 7.01. The van der Waals surface area contributed by atoms with Crippen LogP contribution >= 0.6 is 11.6 Å². The van der Waals surface area contributed by atoms with Gasteiger partial charge in [-0.3, -0.25) is 4.79 Å². The summed E-state index contributed by atoms with van der Waals surface area (Å²) < 4.78 is 33.4. The molecule has 1 aromatic rings. The lowest BCUT2D eigenvalue weighted by Crippen LogP contribution is -2.30. The van der Waals surface area contributed by atoms with Crippen LogP contribution in [0.2, 0.25) is 5.02 Å². The maximum atomic E-state index is 11.4. The lowest BCUT2D eigenvalue weighted by Gasteiger charge is -2.19. The molecule has 0 spiro atoms. The second kappa shape index (κ2) is 5.59. The average molecular weight is 321 g/mol. The van der Waals surface area contributed by atoms with Crippen LogP contribution in [0.4, 0.5) is 0 Å². The fourth-order valence-electron chi connectivity index (χ4n) is 1.98. The number of rotatable bonds is 4. The van der Waals surface area contributed by atoms with Crippen molar-refractivity contribution >= 4 is 27.7 Å². The van der Waals surface area contributed by atoms with Gasteiger partial charge in [0.15, 0.2) is 21.3 Å². The van der Waals surface area contributed by atoms with Gasteiger partial charge in [0.2, 0.25) is 0 Å². The van der Waals surface area contributed by atoms with Gasteiger partial charge in [0, 0.05) is 5.56 Å². The molecule has 0 saturated carbocycles. The quantitative estimate of drug-likeness (QED) is 0.821. The first-order chi connectivity index (χ1) is 9.36. The summed E-state index contributed by atoms with van der Waals surface area (Å²) >= 11 is 5.99. The Morgan fingerprint density at radius 2 is 2.10 bits per heavy atom. The lowest BCUT2D eigenvalue weighted by molar-refractivity contribution is 0.0719. The first kappa shape index (κ1) is 15.1. The standard InChI is InChI=1S/C12H13ClO6S/c1-18-10-3-7(4-14)2-8(13)12(10)19-11-6-20(16,17)5-9(11)15/h2-4,9,11,15H,5-6H2,1H3. The van der Waals surface area contributed by atoms with Gasteiger partial charge < -0.3 is 14.6 Å². The van der Waals surface area contributed by atoms with E-state index in [-0.39, 0.29) is 28.0 Å². The van der Waals surface area contributed by atoms with Gasteiger partial charge in [0.25, 0.3) is 0 Å². The molecule has 0 radical (unpaired) electrons. The Morgan fingerprint density at radius 3 is 2.60 bits per heavy atom. The van der Waals surface area contributed by atoms with Gasteiger partial charge in [0.05, 0.1) is 23.6 Å². The number of aliphatic hydroxyl groups excluding tert-OH is 1. The van der Waals surface area contributed by atoms with Crippen LogP contribution in [0.1, 0.15) is 10.4 Å². The van der Waals surface area contributed by atoms with E-state index in [4.69, 9.17) is 21.1 Å². The van der Waals surface area contributed by atoms with Crippen molar-refractivity contribution in [1.29, 1.82) is 0 Å². The van der Waals surface area contributed by atoms with Gasteiger partial charge in [-0.1, -0.05) is 11.6 Å². The molecule has 0 bridgehead atoms. The Morgan fingerprint density at radius 1 is 1.40 bits per heavy atom. The van der Waals surface area contributed by atoms with Gasteiger partial charge in [-0.2, -0.15) is 0 Å². The number of aldehydes is 1. The second-order valence-electron chi connectivity index (χ2n) is 4.45. The fourth-order valence-corrected chi connectivity index (χ4v) is 3.91. The topological polar surface area (TPSA) is 89.9 Å². The zero-order chi connectivity index (χ0) is 14.9. The Bertz CT molecular complexity index is 627. The third-order valence-corrected chi connectivity index (χ3v) is 4.90. The summed E-state index contributed by atoms with van der Waals surface area (Å²) in [4.78, 5) is 10.7. The van der Waals surface area contributed by atoms with Crippen LogP contribution in [-0.4, -0.2) is 50.6 Å². The summed E-state index contributed by atoms with van der Waals surface area (Å²) in [7, 11) is -1.96. The van der Waals surface area contributed by atoms with Crippen LogP contribution in [0.5, 0.6) is 11.5 Å². The molecular formula is C12H13ClO6S. The van der Waals surface area contributed by atoms with E-state index < -0.39 is 22.0 Å². The van der Waals surface area contributed by atoms with E-state index in [1.807, 2.05) is 0 Å². The molecule has 1 N–H and O–H groups in total. The number of hydrogen-bond acceptors (Lipinski definition) is 6. The number of aliphatic hydroxyl groups is 1. The van der Waals surface area contributed by atoms with E-state index in [1.165, 1.54) is 19.2 Å². The Balaban J connectivity index is 2.32. The van der Waals surface area contributed by atoms with Gasteiger partial charge >= 0.3 is 0 Å². The van der Waals surface area contributed by atoms with Crippen LogP contribution in [0.25, 0.3) is 0 Å². The van der Waals surface area contributed by atoms with Crippen LogP contribution in [0.3, 0.4) is 0 Å². The third-order valence-electron chi connectivity index (χ3n) is 2.93. The number of carbonyl (C=O) groups excluding carboxylic acids is 1. The smallest absolute Gasteiger partial charge is 0.180 e. The molecule has 1 aliphatic heterocycles. The Labute approximate surface area is 121 Å². The van der Waals surface area contributed by atoms with Crippen molar-refractivity contribution in [2.24, 2.45) is 0 Å². The summed E-state index contributed by atoms with van der Waals surface area (Å²) in [6, 6.07) is 2.80. The average Bonchev–Trinajstić information content (AvgIpc) is 2.64. The predicted molar refractivity (Wildman–Crippen MR) is 72.5 cm³/mol. The maximum absolute atomic E-state index is 11.4. The van der Waals surface area contributed by atoms with Crippen LogP contribution in [0.15, 0.2) is 12.1 Å². The lowest BCUT2D eigenvalue weighted by atomic mass is 10.2. The van der Waals surface area contributed by atoms with Crippen molar-refractivity contribution in [1.82, 2.24) is 0 Å². The number of halogens is 1. The van der Waals surface area contributed by atoms with Gasteiger partial charge in [0.1, 0.15) is 18.5 Å². The molecule has 110 valence electrons. The van der Waals surface area contributed by atoms with Crippen molar-refractivity contribution in [3.8, 4) is 11.5 Å². The summed E-state index contributed by atoms with van der Waals surface area (Å²) in [5.41, 5.74) is 0.304. The molecule has 0 aromatic heterocycles. The van der Waals surface area contributed by atoms with Crippen LogP contribution in [-0.2, 0) is 9.84 Å². The summed E-state index contributed by atoms with van der Waals surface area (Å²) in [5.74, 6) is -0.315. The van der Waals surface area contributed by atoms with E-state index in [9.17, 15) is 18.3 Å². The molecule has 2 rings (SSSR count). The fraction of sp³-hybridized carbons (Fsp3) is 0.417. The van der Waals surface area contributed by atoms with Gasteiger partial charge in [-0.15, -0.1) is 0 Å². The molecule has 1 heterocycles. The number of methoxy groups -OCH3 is 1. The van der Waals surface area contributed by atoms with E-state index in [0.29, 0.717) is 11.8 Å². The number of benzene rings is 1. The van der Waals surface area contributed by atoms with Crippen LogP contribution in [0, 0.1) is 0 Å². The maximum Gasteiger partial charge on any atom is 0.180 e. The molecule has 1 fully saturated rings. The molecule has 2 unspecified atom stereocenters. The highest BCUT2D eigenvalue weighted by Crippen LogP contribution is 2.37. The molecule has 1 aromatic carbocycles. The minimum atomic E-state index is -3.33. The van der Waals surface area contributed by atoms with Gasteiger partial charge in [-0.25, -0.2) is 8.42 Å². The molecule has 20 heavy (non-hydrogen) atoms. The zero-order valence-corrected chi connectivity index (χ0v) is 12.1. The van der Waals surface area contributed by atoms with E-state index in [2.05, 4.69) is 0 Å². The number of ether oxygens (including phenoxy) is 2. The summed E-state index contributed by atoms with van der Waals surface area (Å²) in [6.45, 7) is 0. The number of hydrogen-bond donors (Lipinski definition) is 1. The first-order valence-electron chi connectivity index (χ1n) is 5.74. The summed E-state index contributed by atoms with van der Waals surface area (Å²) in [6.07, 6.45) is -1.42.